The van der Waals surface area contributed by atoms with Crippen molar-refractivity contribution in [3.63, 3.8) is 0 Å². The highest BCUT2D eigenvalue weighted by molar-refractivity contribution is 6.16. The Balaban J connectivity index is 0. The zero-order chi connectivity index (χ0) is 6.28. The van der Waals surface area contributed by atoms with E-state index in [-0.39, 0.29) is 0 Å². The van der Waals surface area contributed by atoms with Crippen LogP contribution in [0.5, 0.6) is 0 Å². The summed E-state index contributed by atoms with van der Waals surface area (Å²) in [5.41, 5.74) is 0. The van der Waals surface area contributed by atoms with Crippen molar-refractivity contribution in [1.82, 2.24) is 0 Å². The smallest absolute Gasteiger partial charge is 0.163 e. The van der Waals surface area contributed by atoms with Gasteiger partial charge in [-0.2, -0.15) is 0 Å². The van der Waals surface area contributed by atoms with Crippen molar-refractivity contribution in [2.24, 2.45) is 5.92 Å². The minimum absolute atomic E-state index is 0.778. The van der Waals surface area contributed by atoms with Crippen molar-refractivity contribution in [3.8, 4) is 0 Å². The van der Waals surface area contributed by atoms with Crippen LogP contribution in [-0.2, 0) is 0 Å². The van der Waals surface area contributed by atoms with E-state index in [0.717, 1.165) is 5.92 Å². The van der Waals surface area contributed by atoms with E-state index in [0.29, 0.717) is 0 Å². The molecule has 0 aliphatic rings. The molecule has 0 radical (unpaired) electrons. The Morgan fingerprint density at radius 3 is 1.43 bits per heavy atom. The Morgan fingerprint density at radius 2 is 1.43 bits per heavy atom. The highest BCUT2D eigenvalue weighted by Gasteiger charge is 1.68. The van der Waals surface area contributed by atoms with E-state index in [9.17, 15) is 4.39 Å². The van der Waals surface area contributed by atoms with Gasteiger partial charge < -0.3 is 0 Å². The lowest BCUT2D eigenvalue weighted by molar-refractivity contribution is 0.599. The van der Waals surface area contributed by atoms with Crippen LogP contribution in [0.4, 0.5) is 4.39 Å². The first-order valence-electron chi connectivity index (χ1n) is 2.27. The molecule has 0 aliphatic carbocycles. The van der Waals surface area contributed by atoms with Crippen LogP contribution in [0.2, 0.25) is 0 Å². The summed E-state index contributed by atoms with van der Waals surface area (Å²) in [6, 6.07) is 0. The van der Waals surface area contributed by atoms with Crippen LogP contribution in [0.3, 0.4) is 0 Å². The summed E-state index contributed by atoms with van der Waals surface area (Å²) in [6.45, 7) is 6.50. The van der Waals surface area contributed by atoms with Gasteiger partial charge in [-0.15, -0.1) is 0 Å². The van der Waals surface area contributed by atoms with Crippen molar-refractivity contribution in [2.45, 2.75) is 20.8 Å². The van der Waals surface area contributed by atoms with Crippen LogP contribution in [0.15, 0.2) is 0 Å². The van der Waals surface area contributed by atoms with E-state index >= 15 is 0 Å². The fourth-order valence-electron chi connectivity index (χ4n) is 0. The molecule has 0 saturated heterocycles. The molecule has 0 spiro atoms. The summed E-state index contributed by atoms with van der Waals surface area (Å²) in [5.74, 6) is 0.833. The second-order valence-corrected chi connectivity index (χ2v) is 2.04. The lowest BCUT2D eigenvalue weighted by Gasteiger charge is -1.79. The van der Waals surface area contributed by atoms with Crippen molar-refractivity contribution in [1.29, 1.82) is 0 Å². The molecule has 0 saturated carbocycles. The molecule has 7 heavy (non-hydrogen) atoms. The number of hydrogen-bond donors (Lipinski definition) is 0. The number of rotatable bonds is 0. The highest BCUT2D eigenvalue weighted by atomic mass is 35.5. The topological polar surface area (TPSA) is 0 Å². The molecule has 2 heteroatoms. The number of alkyl halides is 2. The lowest BCUT2D eigenvalue weighted by atomic mass is 10.3. The molecule has 0 aromatic heterocycles. The number of halogens is 2. The molecule has 0 unspecified atom stereocenters. The Kier molecular flexibility index (Phi) is 13.9. The van der Waals surface area contributed by atoms with Crippen molar-refractivity contribution < 1.29 is 4.39 Å². The zero-order valence-electron chi connectivity index (χ0n) is 5.04. The normalized spacial score (nSPS) is 7.71. The molecule has 0 atom stereocenters. The Morgan fingerprint density at radius 1 is 1.43 bits per heavy atom. The van der Waals surface area contributed by atoms with E-state index in [2.05, 4.69) is 32.4 Å². The van der Waals surface area contributed by atoms with Gasteiger partial charge in [0.1, 0.15) is 0 Å². The third-order valence-electron chi connectivity index (χ3n) is 0. The molecule has 0 aromatic carbocycles. The first-order valence-corrected chi connectivity index (χ1v) is 2.80. The van der Waals surface area contributed by atoms with Crippen LogP contribution in [0.1, 0.15) is 20.8 Å². The van der Waals surface area contributed by atoms with Crippen molar-refractivity contribution in [2.75, 3.05) is 6.13 Å². The standard InChI is InChI=1S/C4H10.CH2ClF/c1-4(2)3;2-1-3/h4H,1-3H3;1H2. The summed E-state index contributed by atoms with van der Waals surface area (Å²) < 4.78 is 10.1. The first-order chi connectivity index (χ1) is 3.15. The van der Waals surface area contributed by atoms with Crippen molar-refractivity contribution in [3.05, 3.63) is 0 Å². The monoisotopic (exact) mass is 126 g/mol. The van der Waals surface area contributed by atoms with Gasteiger partial charge in [-0.05, 0) is 5.92 Å². The van der Waals surface area contributed by atoms with Gasteiger partial charge in [0.25, 0.3) is 0 Å². The molecular formula is C5H12ClF. The molecular weight excluding hydrogens is 115 g/mol. The largest absolute Gasteiger partial charge is 0.234 e. The first kappa shape index (κ1) is 10.3. The summed E-state index contributed by atoms with van der Waals surface area (Å²) in [7, 11) is 0. The minimum atomic E-state index is -0.778. The van der Waals surface area contributed by atoms with Crippen LogP contribution >= 0.6 is 11.6 Å². The third-order valence-corrected chi connectivity index (χ3v) is 0. The average Bonchev–Trinajstić information content (AvgIpc) is 1.33. The van der Waals surface area contributed by atoms with Gasteiger partial charge in [0.05, 0.1) is 0 Å². The maximum Gasteiger partial charge on any atom is 0.163 e. The van der Waals surface area contributed by atoms with Gasteiger partial charge in [-0.3, -0.25) is 0 Å². The van der Waals surface area contributed by atoms with Crippen LogP contribution < -0.4 is 0 Å². The SMILES string of the molecule is CC(C)C.FCCl. The van der Waals surface area contributed by atoms with Gasteiger partial charge in [0, 0.05) is 0 Å². The second kappa shape index (κ2) is 9.52. The second-order valence-electron chi connectivity index (χ2n) is 1.83. The van der Waals surface area contributed by atoms with Gasteiger partial charge in [0.2, 0.25) is 0 Å². The summed E-state index contributed by atoms with van der Waals surface area (Å²) in [4.78, 5) is 0. The predicted octanol–water partition coefficient (Wildman–Crippen LogP) is 2.81. The highest BCUT2D eigenvalue weighted by Crippen LogP contribution is 1.81. The van der Waals surface area contributed by atoms with E-state index in [4.69, 9.17) is 0 Å². The van der Waals surface area contributed by atoms with Gasteiger partial charge in [0.15, 0.2) is 6.13 Å². The molecule has 0 fully saturated rings. The predicted molar refractivity (Wildman–Crippen MR) is 32.3 cm³/mol. The molecule has 0 amide bonds. The Bertz CT molecular complexity index is 19.3. The summed E-state index contributed by atoms with van der Waals surface area (Å²) in [6.07, 6.45) is -0.778. The molecule has 0 bridgehead atoms. The molecule has 0 N–H and O–H groups in total. The van der Waals surface area contributed by atoms with Gasteiger partial charge in [-0.1, -0.05) is 32.4 Å². The quantitative estimate of drug-likeness (QED) is 0.438. The number of hydrogen-bond acceptors (Lipinski definition) is 0. The third kappa shape index (κ3) is 2290. The molecule has 0 nitrogen and oxygen atoms in total. The Labute approximate surface area is 49.7 Å². The maximum absolute atomic E-state index is 10.1. The van der Waals surface area contributed by atoms with Crippen LogP contribution in [0.25, 0.3) is 0 Å². The fraction of sp³-hybridized carbons (Fsp3) is 1.00. The Hall–Kier alpha value is 0.220. The van der Waals surface area contributed by atoms with Crippen LogP contribution in [-0.4, -0.2) is 6.13 Å². The zero-order valence-corrected chi connectivity index (χ0v) is 5.80. The minimum Gasteiger partial charge on any atom is -0.234 e. The summed E-state index contributed by atoms with van der Waals surface area (Å²) >= 11 is 4.33. The van der Waals surface area contributed by atoms with Crippen molar-refractivity contribution >= 4 is 11.6 Å². The van der Waals surface area contributed by atoms with Crippen LogP contribution in [0, 0.1) is 5.92 Å². The van der Waals surface area contributed by atoms with E-state index < -0.39 is 6.13 Å². The average molecular weight is 127 g/mol. The van der Waals surface area contributed by atoms with Gasteiger partial charge >= 0.3 is 0 Å². The van der Waals surface area contributed by atoms with E-state index in [1.165, 1.54) is 0 Å². The van der Waals surface area contributed by atoms with E-state index in [1.807, 2.05) is 0 Å². The molecule has 0 heterocycles. The molecule has 0 aromatic rings. The van der Waals surface area contributed by atoms with Gasteiger partial charge in [-0.25, -0.2) is 4.39 Å². The summed E-state index contributed by atoms with van der Waals surface area (Å²) in [5, 5.41) is 0. The fourth-order valence-corrected chi connectivity index (χ4v) is 0. The molecule has 0 aliphatic heterocycles. The molecule has 0 rings (SSSR count). The maximum atomic E-state index is 10.1. The lowest BCUT2D eigenvalue weighted by Crippen LogP contribution is -1.66. The molecule has 46 valence electrons. The van der Waals surface area contributed by atoms with E-state index in [1.54, 1.807) is 0 Å².